The quantitative estimate of drug-likeness (QED) is 0.701. The zero-order valence-electron chi connectivity index (χ0n) is 7.77. The number of rotatable bonds is 4. The molecule has 0 aromatic heterocycles. The van der Waals surface area contributed by atoms with Crippen LogP contribution in [0.2, 0.25) is 0 Å². The Kier molecular flexibility index (Phi) is 3.72. The second kappa shape index (κ2) is 3.69. The van der Waals surface area contributed by atoms with Crippen LogP contribution in [0.1, 0.15) is 27.2 Å². The lowest BCUT2D eigenvalue weighted by atomic mass is 9.86. The van der Waals surface area contributed by atoms with Gasteiger partial charge in [0.15, 0.2) is 0 Å². The first-order valence-electron chi connectivity index (χ1n) is 3.82. The molecule has 0 aliphatic carbocycles. The van der Waals surface area contributed by atoms with E-state index in [1.165, 1.54) is 20.8 Å². The van der Waals surface area contributed by atoms with Gasteiger partial charge in [0.2, 0.25) is 9.05 Å². The van der Waals surface area contributed by atoms with Gasteiger partial charge in [0, 0.05) is 22.5 Å². The standard InChI is InChI=1S/C7H13ClF2O2S/c1-4-7(9,10)6(2,3)5-13(8,11)12/h4-5H2,1-3H3. The summed E-state index contributed by atoms with van der Waals surface area (Å²) in [5.74, 6) is -3.74. The van der Waals surface area contributed by atoms with Crippen LogP contribution in [0.25, 0.3) is 0 Å². The van der Waals surface area contributed by atoms with Crippen molar-refractivity contribution < 1.29 is 17.2 Å². The molecule has 0 aromatic rings. The van der Waals surface area contributed by atoms with Crippen molar-refractivity contribution in [3.05, 3.63) is 0 Å². The number of hydrogen-bond acceptors (Lipinski definition) is 2. The second-order valence-corrected chi connectivity index (χ2v) is 6.40. The number of hydrogen-bond donors (Lipinski definition) is 0. The van der Waals surface area contributed by atoms with Crippen LogP contribution in [0, 0.1) is 5.41 Å². The Balaban J connectivity index is 4.78. The van der Waals surface area contributed by atoms with E-state index in [0.29, 0.717) is 0 Å². The molecule has 0 atom stereocenters. The molecule has 0 saturated heterocycles. The molecule has 2 nitrogen and oxygen atoms in total. The topological polar surface area (TPSA) is 34.1 Å². The molecular weight excluding hydrogens is 222 g/mol. The third kappa shape index (κ3) is 3.77. The highest BCUT2D eigenvalue weighted by atomic mass is 35.7. The van der Waals surface area contributed by atoms with Crippen LogP contribution in [0.5, 0.6) is 0 Å². The van der Waals surface area contributed by atoms with Crippen molar-refractivity contribution in [1.82, 2.24) is 0 Å². The van der Waals surface area contributed by atoms with Gasteiger partial charge in [0.1, 0.15) is 0 Å². The maximum atomic E-state index is 13.1. The van der Waals surface area contributed by atoms with E-state index in [1.54, 1.807) is 0 Å². The van der Waals surface area contributed by atoms with E-state index in [2.05, 4.69) is 0 Å². The van der Waals surface area contributed by atoms with E-state index in [1.807, 2.05) is 0 Å². The first-order valence-corrected chi connectivity index (χ1v) is 6.30. The van der Waals surface area contributed by atoms with Crippen LogP contribution < -0.4 is 0 Å². The zero-order valence-corrected chi connectivity index (χ0v) is 9.35. The van der Waals surface area contributed by atoms with Crippen molar-refractivity contribution in [2.24, 2.45) is 5.41 Å². The lowest BCUT2D eigenvalue weighted by Gasteiger charge is -2.32. The summed E-state index contributed by atoms with van der Waals surface area (Å²) in [4.78, 5) is 0. The SMILES string of the molecule is CCC(F)(F)C(C)(C)CS(=O)(=O)Cl. The molecule has 0 N–H and O–H groups in total. The average molecular weight is 235 g/mol. The molecule has 0 aromatic carbocycles. The normalized spacial score (nSPS) is 14.6. The van der Waals surface area contributed by atoms with Gasteiger partial charge in [-0.25, -0.2) is 17.2 Å². The van der Waals surface area contributed by atoms with Crippen LogP contribution >= 0.6 is 10.7 Å². The molecule has 0 heterocycles. The highest BCUT2D eigenvalue weighted by Gasteiger charge is 2.47. The minimum atomic E-state index is -3.88. The van der Waals surface area contributed by atoms with Gasteiger partial charge < -0.3 is 0 Å². The fourth-order valence-corrected chi connectivity index (χ4v) is 2.91. The molecule has 13 heavy (non-hydrogen) atoms. The summed E-state index contributed by atoms with van der Waals surface area (Å²) in [6, 6.07) is 0. The van der Waals surface area contributed by atoms with Crippen LogP contribution in [0.15, 0.2) is 0 Å². The summed E-state index contributed by atoms with van der Waals surface area (Å²) in [6.07, 6.45) is -0.396. The zero-order chi connectivity index (χ0) is 10.9. The van der Waals surface area contributed by atoms with E-state index < -0.39 is 32.6 Å². The molecule has 0 radical (unpaired) electrons. The Morgan fingerprint density at radius 3 is 1.92 bits per heavy atom. The largest absolute Gasteiger partial charge is 0.253 e. The second-order valence-electron chi connectivity index (χ2n) is 3.63. The molecule has 0 bridgehead atoms. The fourth-order valence-electron chi connectivity index (χ4n) is 1.02. The Bertz CT molecular complexity index is 272. The molecule has 0 amide bonds. The minimum absolute atomic E-state index is 0.396. The monoisotopic (exact) mass is 234 g/mol. The van der Waals surface area contributed by atoms with E-state index in [-0.39, 0.29) is 0 Å². The molecule has 6 heteroatoms. The van der Waals surface area contributed by atoms with Crippen molar-refractivity contribution in [2.45, 2.75) is 33.1 Å². The molecule has 0 fully saturated rings. The van der Waals surface area contributed by atoms with E-state index in [0.717, 1.165) is 0 Å². The maximum absolute atomic E-state index is 13.1. The molecule has 0 unspecified atom stereocenters. The van der Waals surface area contributed by atoms with Gasteiger partial charge in [-0.05, 0) is 0 Å². The van der Waals surface area contributed by atoms with Crippen molar-refractivity contribution in [1.29, 1.82) is 0 Å². The third-order valence-corrected chi connectivity index (χ3v) is 3.36. The van der Waals surface area contributed by atoms with Crippen LogP contribution in [-0.4, -0.2) is 20.1 Å². The lowest BCUT2D eigenvalue weighted by molar-refractivity contribution is -0.0967. The Morgan fingerprint density at radius 1 is 1.31 bits per heavy atom. The molecule has 80 valence electrons. The van der Waals surface area contributed by atoms with Gasteiger partial charge in [-0.2, -0.15) is 0 Å². The van der Waals surface area contributed by atoms with Crippen LogP contribution in [0.4, 0.5) is 8.78 Å². The summed E-state index contributed by atoms with van der Waals surface area (Å²) in [5.41, 5.74) is -1.62. The smallest absolute Gasteiger partial charge is 0.212 e. The number of halogens is 3. The Morgan fingerprint density at radius 2 is 1.69 bits per heavy atom. The molecule has 0 rings (SSSR count). The predicted molar refractivity (Wildman–Crippen MR) is 48.7 cm³/mol. The molecule has 0 spiro atoms. The number of alkyl halides is 2. The third-order valence-electron chi connectivity index (χ3n) is 1.97. The van der Waals surface area contributed by atoms with Crippen molar-refractivity contribution >= 4 is 19.7 Å². The van der Waals surface area contributed by atoms with E-state index in [9.17, 15) is 17.2 Å². The van der Waals surface area contributed by atoms with Crippen molar-refractivity contribution in [2.75, 3.05) is 5.75 Å². The van der Waals surface area contributed by atoms with Gasteiger partial charge in [0.25, 0.3) is 5.92 Å². The predicted octanol–water partition coefficient (Wildman–Crippen LogP) is 2.63. The van der Waals surface area contributed by atoms with Gasteiger partial charge in [-0.15, -0.1) is 0 Å². The summed E-state index contributed by atoms with van der Waals surface area (Å²) >= 11 is 0. The summed E-state index contributed by atoms with van der Waals surface area (Å²) in [7, 11) is 1.04. The summed E-state index contributed by atoms with van der Waals surface area (Å²) in [5, 5.41) is 0. The van der Waals surface area contributed by atoms with Crippen molar-refractivity contribution in [3.63, 3.8) is 0 Å². The highest BCUT2D eigenvalue weighted by Crippen LogP contribution is 2.40. The fraction of sp³-hybridized carbons (Fsp3) is 1.00. The van der Waals surface area contributed by atoms with E-state index >= 15 is 0 Å². The minimum Gasteiger partial charge on any atom is -0.212 e. The molecule has 0 aliphatic heterocycles. The first kappa shape index (κ1) is 13.1. The summed E-state index contributed by atoms with van der Waals surface area (Å²) < 4.78 is 47.6. The molecule has 0 saturated carbocycles. The Labute approximate surface area is 81.7 Å². The Hall–Kier alpha value is 0.1000. The van der Waals surface area contributed by atoms with Crippen molar-refractivity contribution in [3.8, 4) is 0 Å². The lowest BCUT2D eigenvalue weighted by Crippen LogP contribution is -2.40. The molecular formula is C7H13ClF2O2S. The van der Waals surface area contributed by atoms with Crippen LogP contribution in [-0.2, 0) is 9.05 Å². The van der Waals surface area contributed by atoms with E-state index in [4.69, 9.17) is 10.7 Å². The van der Waals surface area contributed by atoms with Gasteiger partial charge in [0.05, 0.1) is 5.75 Å². The van der Waals surface area contributed by atoms with Gasteiger partial charge in [-0.3, -0.25) is 0 Å². The van der Waals surface area contributed by atoms with Gasteiger partial charge in [-0.1, -0.05) is 20.8 Å². The van der Waals surface area contributed by atoms with Crippen LogP contribution in [0.3, 0.4) is 0 Å². The average Bonchev–Trinajstić information content (AvgIpc) is 1.81. The maximum Gasteiger partial charge on any atom is 0.253 e. The summed E-state index contributed by atoms with van der Waals surface area (Å²) in [6.45, 7) is 3.69. The highest BCUT2D eigenvalue weighted by molar-refractivity contribution is 8.13. The molecule has 0 aliphatic rings. The first-order chi connectivity index (χ1) is 5.52. The van der Waals surface area contributed by atoms with Gasteiger partial charge >= 0.3 is 0 Å².